The first-order chi connectivity index (χ1) is 12.9. The van der Waals surface area contributed by atoms with Crippen LogP contribution in [-0.2, 0) is 25.7 Å². The maximum absolute atomic E-state index is 12.4. The van der Waals surface area contributed by atoms with Gasteiger partial charge in [-0.25, -0.2) is 4.79 Å². The van der Waals surface area contributed by atoms with E-state index in [9.17, 15) is 19.5 Å². The number of thioether (sulfide) groups is 1. The summed E-state index contributed by atoms with van der Waals surface area (Å²) >= 11 is 1.26. The van der Waals surface area contributed by atoms with Crippen molar-refractivity contribution in [1.29, 1.82) is 0 Å². The summed E-state index contributed by atoms with van der Waals surface area (Å²) in [7, 11) is 1.56. The third-order valence-electron chi connectivity index (χ3n) is 4.61. The number of rotatable bonds is 6. The van der Waals surface area contributed by atoms with Crippen LogP contribution in [-0.4, -0.2) is 64.2 Å². The summed E-state index contributed by atoms with van der Waals surface area (Å²) < 4.78 is 10.3. The van der Waals surface area contributed by atoms with Crippen molar-refractivity contribution < 1.29 is 29.0 Å². The van der Waals surface area contributed by atoms with Gasteiger partial charge in [-0.05, 0) is 17.7 Å². The number of nitrogens with one attached hydrogen (secondary N) is 1. The number of hydrogen-bond donors (Lipinski definition) is 2. The number of fused-ring (bicyclic) bond motifs is 1. The molecule has 3 rings (SSSR count). The van der Waals surface area contributed by atoms with Gasteiger partial charge in [0.2, 0.25) is 11.8 Å². The maximum atomic E-state index is 12.4. The number of carbonyl (C=O) groups excluding carboxylic acids is 3. The Morgan fingerprint density at radius 1 is 1.37 bits per heavy atom. The van der Waals surface area contributed by atoms with Gasteiger partial charge in [-0.3, -0.25) is 9.59 Å². The highest BCUT2D eigenvalue weighted by atomic mass is 32.2. The monoisotopic (exact) mass is 394 g/mol. The van der Waals surface area contributed by atoms with Gasteiger partial charge in [0.05, 0.1) is 13.7 Å². The van der Waals surface area contributed by atoms with Crippen LogP contribution in [0.25, 0.3) is 0 Å². The topological polar surface area (TPSA) is 105 Å². The minimum Gasteiger partial charge on any atom is -0.497 e. The van der Waals surface area contributed by atoms with Crippen molar-refractivity contribution in [2.75, 3.05) is 19.4 Å². The SMILES string of the molecule is CCC(=O)NC1C(=O)N2CC(O)(C(=O)OCc3ccc(OC)cc3)CS[C@H]12. The molecular formula is C18H22N2O6S. The van der Waals surface area contributed by atoms with Crippen LogP contribution < -0.4 is 10.1 Å². The number of methoxy groups -OCH3 is 1. The Hall–Kier alpha value is -2.26. The fourth-order valence-corrected chi connectivity index (χ4v) is 4.36. The zero-order valence-electron chi connectivity index (χ0n) is 15.1. The Morgan fingerprint density at radius 2 is 2.07 bits per heavy atom. The van der Waals surface area contributed by atoms with Crippen molar-refractivity contribution in [2.45, 2.75) is 37.0 Å². The number of amides is 2. The Balaban J connectivity index is 1.55. The molecular weight excluding hydrogens is 372 g/mol. The number of β-lactam (4-membered cyclic amide) rings is 1. The summed E-state index contributed by atoms with van der Waals surface area (Å²) in [5.41, 5.74) is -1.00. The van der Waals surface area contributed by atoms with Crippen molar-refractivity contribution in [2.24, 2.45) is 0 Å². The molecule has 2 unspecified atom stereocenters. The van der Waals surface area contributed by atoms with E-state index in [-0.39, 0.29) is 36.1 Å². The summed E-state index contributed by atoms with van der Waals surface area (Å²) in [6.07, 6.45) is 0.294. The lowest BCUT2D eigenvalue weighted by atomic mass is 9.99. The van der Waals surface area contributed by atoms with E-state index < -0.39 is 17.6 Å². The van der Waals surface area contributed by atoms with Gasteiger partial charge in [0.1, 0.15) is 23.8 Å². The molecule has 0 aliphatic carbocycles. The van der Waals surface area contributed by atoms with Gasteiger partial charge in [0, 0.05) is 12.2 Å². The molecule has 2 N–H and O–H groups in total. The zero-order valence-corrected chi connectivity index (χ0v) is 16.0. The van der Waals surface area contributed by atoms with E-state index in [1.54, 1.807) is 38.3 Å². The molecule has 2 fully saturated rings. The molecule has 2 aliphatic heterocycles. The minimum absolute atomic E-state index is 0.0162. The minimum atomic E-state index is -1.76. The van der Waals surface area contributed by atoms with Gasteiger partial charge in [0.25, 0.3) is 0 Å². The molecule has 2 heterocycles. The van der Waals surface area contributed by atoms with Gasteiger partial charge >= 0.3 is 5.97 Å². The molecule has 2 amide bonds. The second-order valence-electron chi connectivity index (χ2n) is 6.52. The highest BCUT2D eigenvalue weighted by Crippen LogP contribution is 2.38. The summed E-state index contributed by atoms with van der Waals surface area (Å²) in [5.74, 6) is -0.470. The van der Waals surface area contributed by atoms with Gasteiger partial charge in [-0.15, -0.1) is 11.8 Å². The molecule has 0 spiro atoms. The number of benzene rings is 1. The second-order valence-corrected chi connectivity index (χ2v) is 7.63. The van der Waals surface area contributed by atoms with E-state index >= 15 is 0 Å². The first-order valence-corrected chi connectivity index (χ1v) is 9.67. The van der Waals surface area contributed by atoms with Crippen molar-refractivity contribution in [3.05, 3.63) is 29.8 Å². The predicted molar refractivity (Wildman–Crippen MR) is 97.9 cm³/mol. The fraction of sp³-hybridized carbons (Fsp3) is 0.500. The third-order valence-corrected chi connectivity index (χ3v) is 6.13. The first-order valence-electron chi connectivity index (χ1n) is 8.62. The lowest BCUT2D eigenvalue weighted by Crippen LogP contribution is -2.75. The van der Waals surface area contributed by atoms with Gasteiger partial charge < -0.3 is 24.8 Å². The standard InChI is InChI=1S/C18H22N2O6S/c1-3-13(21)19-14-15(22)20-9-18(24,10-27-16(14)20)17(23)26-8-11-4-6-12(25-2)7-5-11/h4-7,14,16,24H,3,8-10H2,1-2H3,(H,19,21)/t14?,16-,18?/m1/s1. The number of hydrogen-bond acceptors (Lipinski definition) is 7. The van der Waals surface area contributed by atoms with E-state index in [0.29, 0.717) is 12.2 Å². The molecule has 0 aromatic heterocycles. The summed E-state index contributed by atoms with van der Waals surface area (Å²) in [6, 6.07) is 6.44. The van der Waals surface area contributed by atoms with Crippen molar-refractivity contribution in [3.8, 4) is 5.75 Å². The van der Waals surface area contributed by atoms with Crippen molar-refractivity contribution >= 4 is 29.5 Å². The highest BCUT2D eigenvalue weighted by Gasteiger charge is 2.57. The van der Waals surface area contributed by atoms with Gasteiger partial charge in [-0.1, -0.05) is 19.1 Å². The van der Waals surface area contributed by atoms with Crippen LogP contribution >= 0.6 is 11.8 Å². The van der Waals surface area contributed by atoms with Crippen LogP contribution in [0.3, 0.4) is 0 Å². The molecule has 0 saturated carbocycles. The Morgan fingerprint density at radius 3 is 2.70 bits per heavy atom. The van der Waals surface area contributed by atoms with Crippen LogP contribution in [0, 0.1) is 0 Å². The van der Waals surface area contributed by atoms with Crippen LogP contribution in [0.5, 0.6) is 5.75 Å². The van der Waals surface area contributed by atoms with Crippen molar-refractivity contribution in [3.63, 3.8) is 0 Å². The largest absolute Gasteiger partial charge is 0.497 e. The van der Waals surface area contributed by atoms with Crippen LogP contribution in [0.2, 0.25) is 0 Å². The van der Waals surface area contributed by atoms with E-state index in [2.05, 4.69) is 5.32 Å². The molecule has 1 aromatic carbocycles. The van der Waals surface area contributed by atoms with Gasteiger partial charge in [0.15, 0.2) is 5.60 Å². The van der Waals surface area contributed by atoms with Crippen LogP contribution in [0.4, 0.5) is 0 Å². The molecule has 2 saturated heterocycles. The zero-order chi connectivity index (χ0) is 19.6. The Kier molecular flexibility index (Phi) is 5.61. The number of carbonyl (C=O) groups is 3. The highest BCUT2D eigenvalue weighted by molar-refractivity contribution is 8.00. The number of aliphatic hydroxyl groups is 1. The van der Waals surface area contributed by atoms with E-state index in [1.165, 1.54) is 16.7 Å². The lowest BCUT2D eigenvalue weighted by molar-refractivity contribution is -0.173. The summed E-state index contributed by atoms with van der Waals surface area (Å²) in [4.78, 5) is 37.5. The maximum Gasteiger partial charge on any atom is 0.341 e. The summed E-state index contributed by atoms with van der Waals surface area (Å²) in [5, 5.41) is 13.1. The lowest BCUT2D eigenvalue weighted by Gasteiger charge is -2.52. The molecule has 8 nitrogen and oxygen atoms in total. The number of nitrogens with zero attached hydrogens (tertiary/aromatic N) is 1. The fourth-order valence-electron chi connectivity index (χ4n) is 2.97. The molecule has 9 heteroatoms. The molecule has 2 aliphatic rings. The van der Waals surface area contributed by atoms with Crippen molar-refractivity contribution in [1.82, 2.24) is 10.2 Å². The second kappa shape index (κ2) is 7.77. The van der Waals surface area contributed by atoms with Crippen LogP contribution in [0.1, 0.15) is 18.9 Å². The average molecular weight is 394 g/mol. The number of ether oxygens (including phenoxy) is 2. The van der Waals surface area contributed by atoms with E-state index in [4.69, 9.17) is 9.47 Å². The Bertz CT molecular complexity index is 740. The van der Waals surface area contributed by atoms with Gasteiger partial charge in [-0.2, -0.15) is 0 Å². The average Bonchev–Trinajstić information content (AvgIpc) is 2.70. The van der Waals surface area contributed by atoms with Crippen LogP contribution in [0.15, 0.2) is 24.3 Å². The normalized spacial score (nSPS) is 26.6. The summed E-state index contributed by atoms with van der Waals surface area (Å²) in [6.45, 7) is 1.59. The quantitative estimate of drug-likeness (QED) is 0.527. The first kappa shape index (κ1) is 19.5. The molecule has 0 radical (unpaired) electrons. The third kappa shape index (κ3) is 3.89. The smallest absolute Gasteiger partial charge is 0.341 e. The molecule has 3 atom stereocenters. The predicted octanol–water partition coefficient (Wildman–Crippen LogP) is 0.279. The van der Waals surface area contributed by atoms with E-state index in [0.717, 1.165) is 5.56 Å². The number of esters is 1. The molecule has 0 bridgehead atoms. The molecule has 27 heavy (non-hydrogen) atoms. The molecule has 1 aromatic rings. The Labute approximate surface area is 161 Å². The molecule has 146 valence electrons. The van der Waals surface area contributed by atoms with E-state index in [1.807, 2.05) is 0 Å².